The van der Waals surface area contributed by atoms with Gasteiger partial charge in [0.25, 0.3) is 0 Å². The fourth-order valence-electron chi connectivity index (χ4n) is 3.22. The first-order chi connectivity index (χ1) is 10.1. The lowest BCUT2D eigenvalue weighted by Gasteiger charge is -2.26. The minimum Gasteiger partial charge on any atom is -0.491 e. The number of fused-ring (bicyclic) bond motifs is 1. The van der Waals surface area contributed by atoms with E-state index in [1.165, 1.54) is 0 Å². The zero-order valence-electron chi connectivity index (χ0n) is 11.7. The van der Waals surface area contributed by atoms with Crippen molar-refractivity contribution in [2.75, 3.05) is 6.61 Å². The number of carboxylic acid groups (broad SMARTS) is 1. The Hall–Kier alpha value is -2.04. The van der Waals surface area contributed by atoms with Crippen LogP contribution in [-0.4, -0.2) is 23.6 Å². The second-order valence-electron chi connectivity index (χ2n) is 5.81. The minimum absolute atomic E-state index is 0.0498. The molecule has 1 amide bonds. The van der Waals surface area contributed by atoms with Crippen LogP contribution in [0.2, 0.25) is 0 Å². The summed E-state index contributed by atoms with van der Waals surface area (Å²) in [6.07, 6.45) is 2.68. The number of carboxylic acids is 1. The van der Waals surface area contributed by atoms with Crippen molar-refractivity contribution < 1.29 is 19.4 Å². The number of ether oxygens (including phenoxy) is 1. The number of aliphatic carboxylic acids is 1. The van der Waals surface area contributed by atoms with Gasteiger partial charge < -0.3 is 15.2 Å². The van der Waals surface area contributed by atoms with Gasteiger partial charge in [0, 0.05) is 11.5 Å². The highest BCUT2D eigenvalue weighted by Crippen LogP contribution is 2.33. The van der Waals surface area contributed by atoms with Crippen LogP contribution in [0.15, 0.2) is 24.3 Å². The number of hydrogen-bond acceptors (Lipinski definition) is 3. The fraction of sp³-hybridized carbons (Fsp3) is 0.500. The van der Waals surface area contributed by atoms with Crippen molar-refractivity contribution in [3.05, 3.63) is 29.8 Å². The highest BCUT2D eigenvalue weighted by molar-refractivity contribution is 5.80. The number of hydrogen-bond donors (Lipinski definition) is 2. The summed E-state index contributed by atoms with van der Waals surface area (Å²) in [7, 11) is 0. The topological polar surface area (TPSA) is 75.6 Å². The van der Waals surface area contributed by atoms with Crippen LogP contribution in [0, 0.1) is 11.8 Å². The fourth-order valence-corrected chi connectivity index (χ4v) is 3.22. The van der Waals surface area contributed by atoms with E-state index in [4.69, 9.17) is 9.84 Å². The van der Waals surface area contributed by atoms with E-state index in [-0.39, 0.29) is 23.8 Å². The molecule has 5 heteroatoms. The molecular formula is C16H19NO4. The summed E-state index contributed by atoms with van der Waals surface area (Å²) in [4.78, 5) is 23.5. The standard InChI is InChI=1S/C16H19NO4/c18-15(10-4-3-5-11(8-10)16(19)20)17-13-9-21-14-7-2-1-6-12(13)14/h1-2,6-7,10-11,13H,3-5,8-9H2,(H,17,18)(H,19,20). The molecule has 21 heavy (non-hydrogen) atoms. The summed E-state index contributed by atoms with van der Waals surface area (Å²) in [5.41, 5.74) is 0.997. The summed E-state index contributed by atoms with van der Waals surface area (Å²) in [6, 6.07) is 7.55. The van der Waals surface area contributed by atoms with Gasteiger partial charge in [0.1, 0.15) is 12.4 Å². The van der Waals surface area contributed by atoms with E-state index in [1.54, 1.807) is 0 Å². The Labute approximate surface area is 123 Å². The Morgan fingerprint density at radius 1 is 1.19 bits per heavy atom. The maximum Gasteiger partial charge on any atom is 0.306 e. The molecule has 1 heterocycles. The summed E-state index contributed by atoms with van der Waals surface area (Å²) in [5, 5.41) is 12.1. The Kier molecular flexibility index (Phi) is 3.82. The molecule has 3 unspecified atom stereocenters. The molecule has 2 aliphatic rings. The molecule has 1 saturated carbocycles. The van der Waals surface area contributed by atoms with Crippen LogP contribution in [0.3, 0.4) is 0 Å². The van der Waals surface area contributed by atoms with Crippen LogP contribution in [-0.2, 0) is 9.59 Å². The Morgan fingerprint density at radius 2 is 1.95 bits per heavy atom. The molecule has 0 spiro atoms. The molecule has 112 valence electrons. The van der Waals surface area contributed by atoms with E-state index in [2.05, 4.69) is 5.32 Å². The van der Waals surface area contributed by atoms with E-state index in [9.17, 15) is 9.59 Å². The molecule has 0 aromatic heterocycles. The predicted molar refractivity (Wildman–Crippen MR) is 75.9 cm³/mol. The van der Waals surface area contributed by atoms with E-state index in [1.807, 2.05) is 24.3 Å². The van der Waals surface area contributed by atoms with Crippen LogP contribution in [0.4, 0.5) is 0 Å². The maximum atomic E-state index is 12.4. The molecule has 0 bridgehead atoms. The average Bonchev–Trinajstić information content (AvgIpc) is 2.91. The first-order valence-corrected chi connectivity index (χ1v) is 7.40. The van der Waals surface area contributed by atoms with E-state index >= 15 is 0 Å². The minimum atomic E-state index is -0.790. The normalized spacial score (nSPS) is 27.5. The number of benzene rings is 1. The summed E-state index contributed by atoms with van der Waals surface area (Å²) in [5.74, 6) is -0.614. The molecular weight excluding hydrogens is 270 g/mol. The summed E-state index contributed by atoms with van der Waals surface area (Å²) < 4.78 is 5.55. The zero-order chi connectivity index (χ0) is 14.8. The molecule has 1 aliphatic carbocycles. The quantitative estimate of drug-likeness (QED) is 0.893. The van der Waals surface area contributed by atoms with Crippen molar-refractivity contribution in [3.63, 3.8) is 0 Å². The first-order valence-electron chi connectivity index (χ1n) is 7.40. The van der Waals surface area contributed by atoms with Gasteiger partial charge in [0.05, 0.1) is 12.0 Å². The highest BCUT2D eigenvalue weighted by Gasteiger charge is 2.33. The second-order valence-corrected chi connectivity index (χ2v) is 5.81. The number of nitrogens with one attached hydrogen (secondary N) is 1. The monoisotopic (exact) mass is 289 g/mol. The third-order valence-corrected chi connectivity index (χ3v) is 4.41. The van der Waals surface area contributed by atoms with Crippen molar-refractivity contribution in [2.45, 2.75) is 31.7 Å². The smallest absolute Gasteiger partial charge is 0.306 e. The average molecular weight is 289 g/mol. The largest absolute Gasteiger partial charge is 0.491 e. The number of rotatable bonds is 3. The van der Waals surface area contributed by atoms with Crippen LogP contribution in [0.25, 0.3) is 0 Å². The maximum absolute atomic E-state index is 12.4. The van der Waals surface area contributed by atoms with Crippen LogP contribution < -0.4 is 10.1 Å². The molecule has 5 nitrogen and oxygen atoms in total. The second kappa shape index (κ2) is 5.76. The van der Waals surface area contributed by atoms with Gasteiger partial charge >= 0.3 is 5.97 Å². The third-order valence-electron chi connectivity index (χ3n) is 4.41. The molecule has 1 fully saturated rings. The van der Waals surface area contributed by atoms with E-state index < -0.39 is 5.97 Å². The Bertz CT molecular complexity index is 557. The number of para-hydroxylation sites is 1. The van der Waals surface area contributed by atoms with Gasteiger partial charge in [-0.3, -0.25) is 9.59 Å². The van der Waals surface area contributed by atoms with Crippen molar-refractivity contribution in [2.24, 2.45) is 11.8 Å². The van der Waals surface area contributed by atoms with Gasteiger partial charge in [-0.25, -0.2) is 0 Å². The lowest BCUT2D eigenvalue weighted by Crippen LogP contribution is -2.38. The lowest BCUT2D eigenvalue weighted by atomic mass is 9.81. The lowest BCUT2D eigenvalue weighted by molar-refractivity contribution is -0.144. The number of carbonyl (C=O) groups excluding carboxylic acids is 1. The summed E-state index contributed by atoms with van der Waals surface area (Å²) in [6.45, 7) is 0.445. The van der Waals surface area contributed by atoms with Gasteiger partial charge in [-0.05, 0) is 25.3 Å². The first kappa shape index (κ1) is 13.9. The molecule has 0 radical (unpaired) electrons. The molecule has 3 atom stereocenters. The van der Waals surface area contributed by atoms with Gasteiger partial charge in [-0.2, -0.15) is 0 Å². The zero-order valence-corrected chi connectivity index (χ0v) is 11.7. The molecule has 1 aromatic carbocycles. The molecule has 0 saturated heterocycles. The van der Waals surface area contributed by atoms with Crippen LogP contribution in [0.1, 0.15) is 37.3 Å². The van der Waals surface area contributed by atoms with Crippen LogP contribution >= 0.6 is 0 Å². The molecule has 1 aromatic rings. The van der Waals surface area contributed by atoms with E-state index in [0.29, 0.717) is 19.4 Å². The molecule has 2 N–H and O–H groups in total. The van der Waals surface area contributed by atoms with Gasteiger partial charge in [0.15, 0.2) is 0 Å². The molecule has 3 rings (SSSR count). The highest BCUT2D eigenvalue weighted by atomic mass is 16.5. The SMILES string of the molecule is O=C(O)C1CCCC(C(=O)NC2COc3ccccc32)C1. The van der Waals surface area contributed by atoms with Gasteiger partial charge in [0.2, 0.25) is 5.91 Å². The predicted octanol–water partition coefficient (Wildman–Crippen LogP) is 2.13. The van der Waals surface area contributed by atoms with Gasteiger partial charge in [-0.1, -0.05) is 24.6 Å². The Morgan fingerprint density at radius 3 is 2.76 bits per heavy atom. The van der Waals surface area contributed by atoms with Crippen molar-refractivity contribution in [1.29, 1.82) is 0 Å². The Balaban J connectivity index is 1.63. The number of carbonyl (C=O) groups is 2. The van der Waals surface area contributed by atoms with Crippen molar-refractivity contribution in [3.8, 4) is 5.75 Å². The van der Waals surface area contributed by atoms with Crippen molar-refractivity contribution >= 4 is 11.9 Å². The van der Waals surface area contributed by atoms with Gasteiger partial charge in [-0.15, -0.1) is 0 Å². The number of amides is 1. The van der Waals surface area contributed by atoms with E-state index in [0.717, 1.165) is 24.2 Å². The van der Waals surface area contributed by atoms with Crippen LogP contribution in [0.5, 0.6) is 5.75 Å². The third kappa shape index (κ3) is 2.86. The summed E-state index contributed by atoms with van der Waals surface area (Å²) >= 11 is 0. The molecule has 1 aliphatic heterocycles. The van der Waals surface area contributed by atoms with Crippen molar-refractivity contribution in [1.82, 2.24) is 5.32 Å².